The van der Waals surface area contributed by atoms with Gasteiger partial charge >= 0.3 is 0 Å². The molecule has 1 aliphatic carbocycles. The van der Waals surface area contributed by atoms with Gasteiger partial charge in [0.15, 0.2) is 0 Å². The molecule has 2 nitrogen and oxygen atoms in total. The Hall–Kier alpha value is -1.57. The average molecular weight is 226 g/mol. The third-order valence-electron chi connectivity index (χ3n) is 3.78. The minimum absolute atomic E-state index is 0.972. The van der Waals surface area contributed by atoms with Crippen molar-refractivity contribution < 1.29 is 0 Å². The van der Waals surface area contributed by atoms with Gasteiger partial charge in [0, 0.05) is 16.8 Å². The maximum atomic E-state index is 6.32. The normalized spacial score (nSPS) is 14.9. The van der Waals surface area contributed by atoms with Gasteiger partial charge in [0.05, 0.1) is 5.52 Å². The second-order valence-corrected chi connectivity index (χ2v) is 4.86. The topological polar surface area (TPSA) is 38.9 Å². The molecular weight excluding hydrogens is 208 g/mol. The zero-order valence-corrected chi connectivity index (χ0v) is 10.3. The zero-order chi connectivity index (χ0) is 11.8. The van der Waals surface area contributed by atoms with Crippen LogP contribution in [0.4, 0.5) is 5.69 Å². The van der Waals surface area contributed by atoms with Crippen molar-refractivity contribution in [3.8, 4) is 0 Å². The van der Waals surface area contributed by atoms with Crippen molar-refractivity contribution >= 4 is 16.6 Å². The van der Waals surface area contributed by atoms with Gasteiger partial charge in [-0.1, -0.05) is 13.0 Å². The van der Waals surface area contributed by atoms with E-state index >= 15 is 0 Å². The van der Waals surface area contributed by atoms with E-state index in [2.05, 4.69) is 25.1 Å². The number of anilines is 1. The number of nitrogen functional groups attached to an aromatic ring is 1. The van der Waals surface area contributed by atoms with Crippen molar-refractivity contribution in [3.05, 3.63) is 35.0 Å². The number of pyridine rings is 1. The molecule has 1 aromatic heterocycles. The summed E-state index contributed by atoms with van der Waals surface area (Å²) >= 11 is 0. The van der Waals surface area contributed by atoms with E-state index in [4.69, 9.17) is 10.7 Å². The molecule has 2 N–H and O–H groups in total. The van der Waals surface area contributed by atoms with Crippen LogP contribution in [0.1, 0.15) is 36.6 Å². The molecule has 0 saturated carbocycles. The molecule has 0 unspecified atom stereocenters. The Balaban J connectivity index is 2.28. The highest BCUT2D eigenvalue weighted by Crippen LogP contribution is 2.31. The first-order chi connectivity index (χ1) is 8.29. The SMILES string of the molecule is CCc1ccc2nc3c(c(N)c2c1)CCCC3. The Morgan fingerprint density at radius 2 is 2.06 bits per heavy atom. The lowest BCUT2D eigenvalue weighted by molar-refractivity contribution is 0.673. The third-order valence-corrected chi connectivity index (χ3v) is 3.78. The summed E-state index contributed by atoms with van der Waals surface area (Å²) in [6.07, 6.45) is 5.73. The van der Waals surface area contributed by atoms with Crippen LogP contribution >= 0.6 is 0 Å². The number of nitrogens with two attached hydrogens (primary N) is 1. The summed E-state index contributed by atoms with van der Waals surface area (Å²) in [6, 6.07) is 6.47. The molecule has 0 atom stereocenters. The molecule has 1 aliphatic rings. The molecule has 0 fully saturated rings. The van der Waals surface area contributed by atoms with Crippen LogP contribution in [-0.4, -0.2) is 4.98 Å². The van der Waals surface area contributed by atoms with Crippen molar-refractivity contribution in [2.24, 2.45) is 0 Å². The average Bonchev–Trinajstić information content (AvgIpc) is 2.39. The van der Waals surface area contributed by atoms with E-state index in [9.17, 15) is 0 Å². The first kappa shape index (κ1) is 10.6. The van der Waals surface area contributed by atoms with Crippen LogP contribution in [-0.2, 0) is 19.3 Å². The van der Waals surface area contributed by atoms with E-state index in [1.807, 2.05) is 0 Å². The molecular formula is C15H18N2. The van der Waals surface area contributed by atoms with Gasteiger partial charge in [0.25, 0.3) is 0 Å². The fourth-order valence-corrected chi connectivity index (χ4v) is 2.73. The highest BCUT2D eigenvalue weighted by molar-refractivity contribution is 5.92. The summed E-state index contributed by atoms with van der Waals surface area (Å²) < 4.78 is 0. The van der Waals surface area contributed by atoms with Crippen molar-refractivity contribution in [3.63, 3.8) is 0 Å². The lowest BCUT2D eigenvalue weighted by Gasteiger charge is -2.18. The number of nitrogens with zero attached hydrogens (tertiary/aromatic N) is 1. The molecule has 17 heavy (non-hydrogen) atoms. The van der Waals surface area contributed by atoms with Gasteiger partial charge in [-0.3, -0.25) is 4.98 Å². The predicted molar refractivity (Wildman–Crippen MR) is 72.2 cm³/mol. The molecule has 2 heteroatoms. The minimum Gasteiger partial charge on any atom is -0.398 e. The third kappa shape index (κ3) is 1.68. The maximum absolute atomic E-state index is 6.32. The van der Waals surface area contributed by atoms with Gasteiger partial charge in [-0.2, -0.15) is 0 Å². The Morgan fingerprint density at radius 1 is 1.24 bits per heavy atom. The lowest BCUT2D eigenvalue weighted by Crippen LogP contribution is -2.09. The summed E-state index contributed by atoms with van der Waals surface area (Å²) in [5.41, 5.74) is 12.2. The first-order valence-electron chi connectivity index (χ1n) is 6.49. The minimum atomic E-state index is 0.972. The van der Waals surface area contributed by atoms with Gasteiger partial charge in [0.1, 0.15) is 0 Å². The van der Waals surface area contributed by atoms with E-state index < -0.39 is 0 Å². The van der Waals surface area contributed by atoms with E-state index in [1.165, 1.54) is 29.7 Å². The molecule has 0 bridgehead atoms. The van der Waals surface area contributed by atoms with Crippen LogP contribution in [0, 0.1) is 0 Å². The van der Waals surface area contributed by atoms with Gasteiger partial charge < -0.3 is 5.73 Å². The number of aromatic nitrogens is 1. The van der Waals surface area contributed by atoms with Gasteiger partial charge in [-0.25, -0.2) is 0 Å². The summed E-state index contributed by atoms with van der Waals surface area (Å²) in [5, 5.41) is 1.14. The van der Waals surface area contributed by atoms with Crippen LogP contribution in [0.3, 0.4) is 0 Å². The molecule has 0 spiro atoms. The van der Waals surface area contributed by atoms with E-state index in [0.29, 0.717) is 0 Å². The Kier molecular flexibility index (Phi) is 2.50. The molecule has 3 rings (SSSR count). The Bertz CT molecular complexity index is 573. The fourth-order valence-electron chi connectivity index (χ4n) is 2.73. The molecule has 2 aromatic rings. The molecule has 0 saturated heterocycles. The van der Waals surface area contributed by atoms with E-state index in [0.717, 1.165) is 35.9 Å². The van der Waals surface area contributed by atoms with E-state index in [1.54, 1.807) is 0 Å². The largest absolute Gasteiger partial charge is 0.398 e. The second-order valence-electron chi connectivity index (χ2n) is 4.86. The quantitative estimate of drug-likeness (QED) is 0.810. The molecule has 0 amide bonds. The van der Waals surface area contributed by atoms with Crippen LogP contribution in [0.25, 0.3) is 10.9 Å². The van der Waals surface area contributed by atoms with Crippen LogP contribution in [0.5, 0.6) is 0 Å². The maximum Gasteiger partial charge on any atom is 0.0726 e. The van der Waals surface area contributed by atoms with Crippen LogP contribution in [0.2, 0.25) is 0 Å². The van der Waals surface area contributed by atoms with Crippen molar-refractivity contribution in [1.82, 2.24) is 4.98 Å². The Morgan fingerprint density at radius 3 is 2.88 bits per heavy atom. The Labute approximate surface area is 102 Å². The van der Waals surface area contributed by atoms with Crippen LogP contribution < -0.4 is 5.73 Å². The number of aryl methyl sites for hydroxylation is 2. The number of rotatable bonds is 1. The number of fused-ring (bicyclic) bond motifs is 2. The second kappa shape index (κ2) is 4.02. The summed E-state index contributed by atoms with van der Waals surface area (Å²) in [4.78, 5) is 4.77. The summed E-state index contributed by atoms with van der Waals surface area (Å²) in [7, 11) is 0. The number of hydrogen-bond donors (Lipinski definition) is 1. The predicted octanol–water partition coefficient (Wildman–Crippen LogP) is 3.26. The fraction of sp³-hybridized carbons (Fsp3) is 0.400. The van der Waals surface area contributed by atoms with Gasteiger partial charge in [0.2, 0.25) is 0 Å². The lowest BCUT2D eigenvalue weighted by atomic mass is 9.92. The first-order valence-corrected chi connectivity index (χ1v) is 6.49. The van der Waals surface area contributed by atoms with Crippen molar-refractivity contribution in [1.29, 1.82) is 0 Å². The van der Waals surface area contributed by atoms with Crippen molar-refractivity contribution in [2.45, 2.75) is 39.0 Å². The molecule has 1 aromatic carbocycles. The van der Waals surface area contributed by atoms with E-state index in [-0.39, 0.29) is 0 Å². The zero-order valence-electron chi connectivity index (χ0n) is 10.3. The van der Waals surface area contributed by atoms with Gasteiger partial charge in [-0.05, 0) is 55.4 Å². The molecule has 0 radical (unpaired) electrons. The molecule has 1 heterocycles. The van der Waals surface area contributed by atoms with Crippen molar-refractivity contribution in [2.75, 3.05) is 5.73 Å². The highest BCUT2D eigenvalue weighted by atomic mass is 14.7. The van der Waals surface area contributed by atoms with Crippen LogP contribution in [0.15, 0.2) is 18.2 Å². The molecule has 0 aliphatic heterocycles. The van der Waals surface area contributed by atoms with Gasteiger partial charge in [-0.15, -0.1) is 0 Å². The highest BCUT2D eigenvalue weighted by Gasteiger charge is 2.16. The smallest absolute Gasteiger partial charge is 0.0726 e. The standard InChI is InChI=1S/C15H18N2/c1-2-10-7-8-14-12(9-10)15(16)11-5-3-4-6-13(11)17-14/h7-9H,2-6H2,1H3,(H2,16,17). The summed E-state index contributed by atoms with van der Waals surface area (Å²) in [6.45, 7) is 2.17. The number of hydrogen-bond acceptors (Lipinski definition) is 2. The monoisotopic (exact) mass is 226 g/mol. The number of benzene rings is 1. The molecule has 88 valence electrons. The summed E-state index contributed by atoms with van der Waals surface area (Å²) in [5.74, 6) is 0.